The van der Waals surface area contributed by atoms with Crippen molar-refractivity contribution in [3.63, 3.8) is 0 Å². The normalized spacial score (nSPS) is 10.9. The number of hydrogen-bond acceptors (Lipinski definition) is 10. The van der Waals surface area contributed by atoms with Gasteiger partial charge in [0.15, 0.2) is 0 Å². The lowest BCUT2D eigenvalue weighted by molar-refractivity contribution is -0.394. The molecule has 0 atom stereocenters. The van der Waals surface area contributed by atoms with E-state index in [9.17, 15) is 34.5 Å². The minimum Gasteiger partial charge on any atom is -0.502 e. The standard InChI is InChI=1S/C16H11FN8O6/c17-11-3-1-9(2-4-11)16-20-22-23(21-16)8-14(26)19-18-7-10-5-12(24(28)29)6-13(15(10)27)25(30)31/h1-7,27H,8H2,(H,19,26)/b18-7-. The Hall–Kier alpha value is -4.82. The number of nitro groups is 2. The lowest BCUT2D eigenvalue weighted by Gasteiger charge is -2.01. The van der Waals surface area contributed by atoms with Crippen LogP contribution in [0.4, 0.5) is 15.8 Å². The molecule has 1 heterocycles. The van der Waals surface area contributed by atoms with Gasteiger partial charge >= 0.3 is 5.69 Å². The number of benzene rings is 2. The molecule has 0 unspecified atom stereocenters. The monoisotopic (exact) mass is 430 g/mol. The smallest absolute Gasteiger partial charge is 0.318 e. The van der Waals surface area contributed by atoms with Gasteiger partial charge in [-0.1, -0.05) is 0 Å². The molecule has 0 aliphatic rings. The largest absolute Gasteiger partial charge is 0.502 e. The van der Waals surface area contributed by atoms with Crippen LogP contribution in [0.3, 0.4) is 0 Å². The predicted octanol–water partition coefficient (Wildman–Crippen LogP) is 1.15. The van der Waals surface area contributed by atoms with Crippen molar-refractivity contribution in [3.8, 4) is 17.1 Å². The molecular weight excluding hydrogens is 419 g/mol. The summed E-state index contributed by atoms with van der Waals surface area (Å²) in [5.74, 6) is -1.85. The van der Waals surface area contributed by atoms with Gasteiger partial charge in [-0.25, -0.2) is 9.82 Å². The van der Waals surface area contributed by atoms with Crippen molar-refractivity contribution in [2.24, 2.45) is 5.10 Å². The van der Waals surface area contributed by atoms with E-state index in [1.165, 1.54) is 24.3 Å². The van der Waals surface area contributed by atoms with Crippen molar-refractivity contribution < 1.29 is 24.1 Å². The molecule has 1 amide bonds. The number of aromatic hydroxyl groups is 1. The molecule has 15 heteroatoms. The Bertz CT molecular complexity index is 1190. The number of rotatable bonds is 7. The van der Waals surface area contributed by atoms with E-state index in [-0.39, 0.29) is 11.4 Å². The Kier molecular flexibility index (Phi) is 5.85. The number of carbonyl (C=O) groups is 1. The summed E-state index contributed by atoms with van der Waals surface area (Å²) in [6, 6.07) is 6.75. The van der Waals surface area contributed by atoms with Crippen LogP contribution in [0.15, 0.2) is 41.5 Å². The second-order valence-corrected chi connectivity index (χ2v) is 5.86. The molecule has 0 spiro atoms. The Morgan fingerprint density at radius 3 is 2.58 bits per heavy atom. The summed E-state index contributed by atoms with van der Waals surface area (Å²) < 4.78 is 13.0. The van der Waals surface area contributed by atoms with Gasteiger partial charge in [0.25, 0.3) is 11.6 Å². The Balaban J connectivity index is 1.68. The summed E-state index contributed by atoms with van der Waals surface area (Å²) in [5.41, 5.74) is 0.666. The summed E-state index contributed by atoms with van der Waals surface area (Å²) in [5, 5.41) is 46.6. The molecule has 14 nitrogen and oxygen atoms in total. The quantitative estimate of drug-likeness (QED) is 0.314. The minimum atomic E-state index is -0.993. The first-order chi connectivity index (χ1) is 14.7. The first-order valence-corrected chi connectivity index (χ1v) is 8.26. The van der Waals surface area contributed by atoms with Gasteiger partial charge < -0.3 is 5.11 Å². The van der Waals surface area contributed by atoms with Crippen molar-refractivity contribution in [2.75, 3.05) is 0 Å². The van der Waals surface area contributed by atoms with E-state index in [0.717, 1.165) is 17.1 Å². The van der Waals surface area contributed by atoms with Gasteiger partial charge in [-0.3, -0.25) is 25.0 Å². The Labute approximate surface area is 170 Å². The SMILES string of the molecule is O=C(Cn1nnc(-c2ccc(F)cc2)n1)N/N=C\c1cc([N+](=O)[O-])cc([N+](=O)[O-])c1O. The Morgan fingerprint density at radius 2 is 1.94 bits per heavy atom. The van der Waals surface area contributed by atoms with E-state index in [4.69, 9.17) is 0 Å². The van der Waals surface area contributed by atoms with E-state index in [1.807, 2.05) is 0 Å². The number of tetrazole rings is 1. The fraction of sp³-hybridized carbons (Fsp3) is 0.0625. The molecule has 2 aromatic carbocycles. The number of phenolic OH excluding ortho intramolecular Hbond substituents is 1. The zero-order chi connectivity index (χ0) is 22.5. The second-order valence-electron chi connectivity index (χ2n) is 5.86. The number of carbonyl (C=O) groups excluding carboxylic acids is 1. The van der Waals surface area contributed by atoms with Gasteiger partial charge in [-0.2, -0.15) is 9.90 Å². The van der Waals surface area contributed by atoms with Crippen molar-refractivity contribution in [1.82, 2.24) is 25.6 Å². The van der Waals surface area contributed by atoms with Gasteiger partial charge in [-0.15, -0.1) is 10.2 Å². The number of phenols is 1. The molecule has 158 valence electrons. The highest BCUT2D eigenvalue weighted by atomic mass is 19.1. The fourth-order valence-corrected chi connectivity index (χ4v) is 2.33. The number of halogens is 1. The van der Waals surface area contributed by atoms with E-state index in [0.29, 0.717) is 11.6 Å². The molecule has 2 N–H and O–H groups in total. The minimum absolute atomic E-state index is 0.158. The van der Waals surface area contributed by atoms with Crippen molar-refractivity contribution >= 4 is 23.5 Å². The molecule has 0 radical (unpaired) electrons. The number of hydrogen-bond donors (Lipinski definition) is 2. The third kappa shape index (κ3) is 4.97. The van der Waals surface area contributed by atoms with Crippen LogP contribution in [0, 0.1) is 26.0 Å². The summed E-state index contributed by atoms with van der Waals surface area (Å²) in [7, 11) is 0. The van der Waals surface area contributed by atoms with Crippen LogP contribution >= 0.6 is 0 Å². The van der Waals surface area contributed by atoms with E-state index < -0.39 is 45.2 Å². The van der Waals surface area contributed by atoms with Crippen LogP contribution in [0.2, 0.25) is 0 Å². The molecule has 0 bridgehead atoms. The molecular formula is C16H11FN8O6. The highest BCUT2D eigenvalue weighted by Gasteiger charge is 2.23. The van der Waals surface area contributed by atoms with Gasteiger partial charge in [0.1, 0.15) is 12.4 Å². The van der Waals surface area contributed by atoms with Crippen LogP contribution in [-0.2, 0) is 11.3 Å². The van der Waals surface area contributed by atoms with Crippen LogP contribution in [0.5, 0.6) is 5.75 Å². The molecule has 0 aliphatic heterocycles. The molecule has 1 aromatic heterocycles. The number of hydrazone groups is 1. The second kappa shape index (κ2) is 8.68. The summed E-state index contributed by atoms with van der Waals surface area (Å²) in [6.45, 7) is -0.410. The lowest BCUT2D eigenvalue weighted by Crippen LogP contribution is -2.24. The maximum atomic E-state index is 13.0. The molecule has 3 aromatic rings. The van der Waals surface area contributed by atoms with E-state index in [1.54, 1.807) is 0 Å². The van der Waals surface area contributed by atoms with E-state index >= 15 is 0 Å². The number of aromatic nitrogens is 4. The maximum Gasteiger partial charge on any atom is 0.318 e. The van der Waals surface area contributed by atoms with Crippen LogP contribution < -0.4 is 5.43 Å². The molecule has 0 fully saturated rings. The zero-order valence-corrected chi connectivity index (χ0v) is 15.2. The first-order valence-electron chi connectivity index (χ1n) is 8.26. The fourth-order valence-electron chi connectivity index (χ4n) is 2.33. The number of nitrogens with zero attached hydrogens (tertiary/aromatic N) is 7. The number of non-ortho nitro benzene ring substituents is 1. The topological polar surface area (TPSA) is 192 Å². The number of nitrogens with one attached hydrogen (secondary N) is 1. The molecule has 3 rings (SSSR count). The predicted molar refractivity (Wildman–Crippen MR) is 100 cm³/mol. The van der Waals surface area contributed by atoms with Crippen molar-refractivity contribution in [3.05, 3.63) is 68.0 Å². The maximum absolute atomic E-state index is 13.0. The van der Waals surface area contributed by atoms with Crippen molar-refractivity contribution in [1.29, 1.82) is 0 Å². The zero-order valence-electron chi connectivity index (χ0n) is 15.2. The lowest BCUT2D eigenvalue weighted by atomic mass is 10.1. The average molecular weight is 430 g/mol. The van der Waals surface area contributed by atoms with Gasteiger partial charge in [0.05, 0.1) is 27.7 Å². The van der Waals surface area contributed by atoms with Crippen LogP contribution in [0.25, 0.3) is 11.4 Å². The van der Waals surface area contributed by atoms with E-state index in [2.05, 4.69) is 25.9 Å². The summed E-state index contributed by atoms with van der Waals surface area (Å²) in [4.78, 5) is 32.8. The number of nitro benzene ring substituents is 2. The Morgan fingerprint density at radius 1 is 1.23 bits per heavy atom. The molecule has 0 saturated heterocycles. The van der Waals surface area contributed by atoms with Gasteiger partial charge in [0.2, 0.25) is 11.6 Å². The van der Waals surface area contributed by atoms with Crippen LogP contribution in [-0.4, -0.2) is 47.3 Å². The molecule has 31 heavy (non-hydrogen) atoms. The average Bonchev–Trinajstić information content (AvgIpc) is 3.17. The molecule has 0 saturated carbocycles. The third-order valence-corrected chi connectivity index (χ3v) is 3.74. The van der Waals surface area contributed by atoms with Gasteiger partial charge in [-0.05, 0) is 29.5 Å². The highest BCUT2D eigenvalue weighted by molar-refractivity contribution is 5.88. The number of amides is 1. The third-order valence-electron chi connectivity index (χ3n) is 3.74. The molecule has 0 aliphatic carbocycles. The summed E-state index contributed by atoms with van der Waals surface area (Å²) in [6.07, 6.45) is 0.811. The van der Waals surface area contributed by atoms with Gasteiger partial charge in [0, 0.05) is 11.6 Å². The van der Waals surface area contributed by atoms with Crippen molar-refractivity contribution in [2.45, 2.75) is 6.54 Å². The highest BCUT2D eigenvalue weighted by Crippen LogP contribution is 2.33. The first kappa shape index (κ1) is 20.9. The van der Waals surface area contributed by atoms with Crippen LogP contribution in [0.1, 0.15) is 5.56 Å². The summed E-state index contributed by atoms with van der Waals surface area (Å²) >= 11 is 0.